The van der Waals surface area contributed by atoms with Gasteiger partial charge in [-0.25, -0.2) is 9.13 Å². The van der Waals surface area contributed by atoms with Gasteiger partial charge in [-0.1, -0.05) is 343 Å². The van der Waals surface area contributed by atoms with E-state index in [1.807, 2.05) is 0 Å². The number of carbonyl (C=O) groups is 4. The van der Waals surface area contributed by atoms with E-state index in [9.17, 15) is 43.2 Å². The fourth-order valence-electron chi connectivity index (χ4n) is 11.5. The van der Waals surface area contributed by atoms with E-state index < -0.39 is 97.5 Å². The highest BCUT2D eigenvalue weighted by Crippen LogP contribution is 2.45. The lowest BCUT2D eigenvalue weighted by atomic mass is 10.00. The molecule has 0 aliphatic carbocycles. The summed E-state index contributed by atoms with van der Waals surface area (Å²) in [5.74, 6) is -1.40. The maximum atomic E-state index is 13.1. The summed E-state index contributed by atoms with van der Waals surface area (Å²) in [6.07, 6.45) is 56.9. The highest BCUT2D eigenvalue weighted by atomic mass is 31.2. The third kappa shape index (κ3) is 67.3. The number of hydrogen-bond donors (Lipinski definition) is 3. The number of rotatable bonds is 75. The number of phosphoric ester groups is 2. The SMILES string of the molecule is CCCCCCCCCCCCCCCCCCCCCC(=O)O[C@H](COC(=O)CCCCCCCCCCCCCCCCC)COP(=O)(O)OC[C@@H](O)COP(=O)(O)OC[C@@H](COC(=O)CCCCCCCCCCCC)OC(=O)CCCCCCCCC(C)CC. The van der Waals surface area contributed by atoms with Gasteiger partial charge in [-0.05, 0) is 31.6 Å². The average molecular weight is 1380 g/mol. The highest BCUT2D eigenvalue weighted by molar-refractivity contribution is 7.47. The van der Waals surface area contributed by atoms with Crippen molar-refractivity contribution in [2.75, 3.05) is 39.6 Å². The van der Waals surface area contributed by atoms with E-state index >= 15 is 0 Å². The Morgan fingerprint density at radius 1 is 0.298 bits per heavy atom. The fraction of sp³-hybridized carbons (Fsp3) is 0.947. The van der Waals surface area contributed by atoms with Gasteiger partial charge in [-0.2, -0.15) is 0 Å². The van der Waals surface area contributed by atoms with Crippen LogP contribution in [0.5, 0.6) is 0 Å². The van der Waals surface area contributed by atoms with Crippen molar-refractivity contribution < 1.29 is 80.2 Å². The predicted octanol–water partition coefficient (Wildman–Crippen LogP) is 22.1. The minimum absolute atomic E-state index is 0.104. The van der Waals surface area contributed by atoms with Crippen LogP contribution in [0.4, 0.5) is 0 Å². The number of unbranched alkanes of at least 4 members (excludes halogenated alkanes) is 46. The molecule has 17 nitrogen and oxygen atoms in total. The summed E-state index contributed by atoms with van der Waals surface area (Å²) >= 11 is 0. The Bertz CT molecular complexity index is 1810. The van der Waals surface area contributed by atoms with Gasteiger partial charge in [-0.3, -0.25) is 37.3 Å². The number of phosphoric acid groups is 2. The quantitative estimate of drug-likeness (QED) is 0.0222. The summed E-state index contributed by atoms with van der Waals surface area (Å²) in [6, 6.07) is 0. The fourth-order valence-corrected chi connectivity index (χ4v) is 13.1. The molecular weight excluding hydrogens is 1230 g/mol. The van der Waals surface area contributed by atoms with Gasteiger partial charge in [0.15, 0.2) is 12.2 Å². The van der Waals surface area contributed by atoms with Gasteiger partial charge < -0.3 is 33.8 Å². The van der Waals surface area contributed by atoms with Crippen LogP contribution in [0.1, 0.15) is 394 Å². The lowest BCUT2D eigenvalue weighted by molar-refractivity contribution is -0.161. The summed E-state index contributed by atoms with van der Waals surface area (Å²) in [5, 5.41) is 10.6. The molecule has 0 spiro atoms. The largest absolute Gasteiger partial charge is 0.472 e. The Labute approximate surface area is 575 Å². The van der Waals surface area contributed by atoms with E-state index in [0.29, 0.717) is 25.7 Å². The van der Waals surface area contributed by atoms with Crippen LogP contribution < -0.4 is 0 Å². The molecule has 6 atom stereocenters. The summed E-state index contributed by atoms with van der Waals surface area (Å²) in [6.45, 7) is 7.23. The number of ether oxygens (including phenoxy) is 4. The monoisotopic (exact) mass is 1380 g/mol. The molecule has 0 fully saturated rings. The van der Waals surface area contributed by atoms with Crippen molar-refractivity contribution in [3.8, 4) is 0 Å². The van der Waals surface area contributed by atoms with Gasteiger partial charge in [0.2, 0.25) is 0 Å². The van der Waals surface area contributed by atoms with Gasteiger partial charge >= 0.3 is 39.5 Å². The topological polar surface area (TPSA) is 237 Å². The standard InChI is InChI=1S/C75H146O17P2/c1-6-10-13-16-19-22-25-27-29-30-31-32-34-36-38-41-44-50-55-60-74(79)91-70(64-85-73(78)59-54-49-43-40-37-35-33-28-26-23-20-17-14-11-7-2)66-89-93(81,82)87-62-69(76)63-88-94(83,84)90-67-71(92-75(80)61-56-51-46-45-47-52-57-68(5)9-4)65-86-72(77)58-53-48-42-39-24-21-18-15-12-8-3/h68-71,76H,6-67H2,1-5H3,(H,81,82)(H,83,84)/t68?,69-,70-,71-/m1/s1. The summed E-state index contributed by atoms with van der Waals surface area (Å²) in [4.78, 5) is 72.7. The van der Waals surface area contributed by atoms with Crippen LogP contribution in [-0.2, 0) is 65.4 Å². The molecule has 0 saturated carbocycles. The highest BCUT2D eigenvalue weighted by Gasteiger charge is 2.30. The second-order valence-electron chi connectivity index (χ2n) is 27.3. The molecule has 3 unspecified atom stereocenters. The molecule has 0 heterocycles. The Hall–Kier alpha value is -1.94. The summed E-state index contributed by atoms with van der Waals surface area (Å²) < 4.78 is 68.4. The van der Waals surface area contributed by atoms with Crippen molar-refractivity contribution in [1.29, 1.82) is 0 Å². The second kappa shape index (κ2) is 68.2. The first kappa shape index (κ1) is 92.1. The molecule has 94 heavy (non-hydrogen) atoms. The van der Waals surface area contributed by atoms with Crippen molar-refractivity contribution >= 4 is 39.5 Å². The molecule has 19 heteroatoms. The van der Waals surface area contributed by atoms with Gasteiger partial charge in [0.25, 0.3) is 0 Å². The van der Waals surface area contributed by atoms with Crippen LogP contribution in [-0.4, -0.2) is 96.7 Å². The molecule has 0 saturated heterocycles. The van der Waals surface area contributed by atoms with Crippen LogP contribution in [0, 0.1) is 5.92 Å². The number of hydrogen-bond acceptors (Lipinski definition) is 15. The lowest BCUT2D eigenvalue weighted by Gasteiger charge is -2.21. The first-order valence-electron chi connectivity index (χ1n) is 39.2. The van der Waals surface area contributed by atoms with Crippen molar-refractivity contribution in [3.63, 3.8) is 0 Å². The van der Waals surface area contributed by atoms with E-state index in [1.54, 1.807) is 0 Å². The minimum Gasteiger partial charge on any atom is -0.462 e. The molecule has 3 N–H and O–H groups in total. The van der Waals surface area contributed by atoms with Gasteiger partial charge in [0, 0.05) is 25.7 Å². The van der Waals surface area contributed by atoms with Crippen LogP contribution in [0.2, 0.25) is 0 Å². The zero-order chi connectivity index (χ0) is 69.1. The normalized spacial score (nSPS) is 14.3. The molecule has 0 bridgehead atoms. The van der Waals surface area contributed by atoms with Crippen LogP contribution in [0.15, 0.2) is 0 Å². The van der Waals surface area contributed by atoms with Crippen LogP contribution in [0.25, 0.3) is 0 Å². The zero-order valence-corrected chi connectivity index (χ0v) is 62.9. The van der Waals surface area contributed by atoms with Crippen LogP contribution in [0.3, 0.4) is 0 Å². The van der Waals surface area contributed by atoms with Gasteiger partial charge in [0.05, 0.1) is 26.4 Å². The van der Waals surface area contributed by atoms with E-state index in [2.05, 4.69) is 34.6 Å². The smallest absolute Gasteiger partial charge is 0.462 e. The summed E-state index contributed by atoms with van der Waals surface area (Å²) in [7, 11) is -9.91. The Kier molecular flexibility index (Phi) is 66.8. The second-order valence-corrected chi connectivity index (χ2v) is 30.2. The van der Waals surface area contributed by atoms with Gasteiger partial charge in [0.1, 0.15) is 19.3 Å². The first-order chi connectivity index (χ1) is 45.6. The molecule has 0 aromatic heterocycles. The number of aliphatic hydroxyl groups is 1. The maximum Gasteiger partial charge on any atom is 0.472 e. The maximum absolute atomic E-state index is 13.1. The third-order valence-electron chi connectivity index (χ3n) is 17.9. The minimum atomic E-state index is -4.96. The molecule has 0 aliphatic heterocycles. The van der Waals surface area contributed by atoms with E-state index in [4.69, 9.17) is 37.0 Å². The van der Waals surface area contributed by atoms with Crippen molar-refractivity contribution in [2.24, 2.45) is 5.92 Å². The molecule has 0 aromatic rings. The Balaban J connectivity index is 5.21. The van der Waals surface area contributed by atoms with E-state index in [-0.39, 0.29) is 25.7 Å². The number of aliphatic hydroxyl groups excluding tert-OH is 1. The van der Waals surface area contributed by atoms with Gasteiger partial charge in [-0.15, -0.1) is 0 Å². The molecule has 0 aliphatic rings. The molecule has 558 valence electrons. The first-order valence-corrected chi connectivity index (χ1v) is 42.2. The molecular formula is C75H146O17P2. The predicted molar refractivity (Wildman–Crippen MR) is 382 cm³/mol. The van der Waals surface area contributed by atoms with E-state index in [0.717, 1.165) is 95.8 Å². The molecule has 0 amide bonds. The Morgan fingerprint density at radius 3 is 0.755 bits per heavy atom. The zero-order valence-electron chi connectivity index (χ0n) is 61.1. The number of esters is 4. The lowest BCUT2D eigenvalue weighted by Crippen LogP contribution is -2.30. The summed E-state index contributed by atoms with van der Waals surface area (Å²) in [5.41, 5.74) is 0. The number of carbonyl (C=O) groups excluding carboxylic acids is 4. The van der Waals surface area contributed by atoms with Crippen LogP contribution >= 0.6 is 15.6 Å². The molecule has 0 radical (unpaired) electrons. The van der Waals surface area contributed by atoms with Crippen molar-refractivity contribution in [3.05, 3.63) is 0 Å². The Morgan fingerprint density at radius 2 is 0.511 bits per heavy atom. The molecule has 0 rings (SSSR count). The molecule has 0 aromatic carbocycles. The van der Waals surface area contributed by atoms with Crippen molar-refractivity contribution in [2.45, 2.75) is 412 Å². The van der Waals surface area contributed by atoms with Crippen molar-refractivity contribution in [1.82, 2.24) is 0 Å². The average Bonchev–Trinajstić information content (AvgIpc) is 2.06. The van der Waals surface area contributed by atoms with E-state index in [1.165, 1.54) is 218 Å². The third-order valence-corrected chi connectivity index (χ3v) is 19.8.